The SMILES string of the molecule is CCOc1cc(/C=N/NC(=O)c2ccc(-n3c(C)ccc3-c3ccccc3)cc2)cc(I)c1OCc1cccc(C)c1. The lowest BCUT2D eigenvalue weighted by Gasteiger charge is -2.15. The van der Waals surface area contributed by atoms with Crippen molar-refractivity contribution in [2.45, 2.75) is 27.4 Å². The van der Waals surface area contributed by atoms with Crippen LogP contribution in [-0.4, -0.2) is 23.3 Å². The Labute approximate surface area is 260 Å². The van der Waals surface area contributed by atoms with Crippen molar-refractivity contribution in [2.24, 2.45) is 5.10 Å². The highest BCUT2D eigenvalue weighted by atomic mass is 127. The minimum absolute atomic E-state index is 0.289. The Morgan fingerprint density at radius 3 is 2.43 bits per heavy atom. The highest BCUT2D eigenvalue weighted by Gasteiger charge is 2.13. The second kappa shape index (κ2) is 13.5. The molecular formula is C35H32IN3O3. The molecule has 1 amide bonds. The molecule has 1 aromatic heterocycles. The number of aryl methyl sites for hydroxylation is 2. The molecule has 42 heavy (non-hydrogen) atoms. The number of halogens is 1. The van der Waals surface area contributed by atoms with Crippen molar-refractivity contribution >= 4 is 34.7 Å². The summed E-state index contributed by atoms with van der Waals surface area (Å²) in [5.41, 5.74) is 10.6. The standard InChI is InChI=1S/C35H32IN3O3/c1-4-41-33-21-27(20-31(36)34(33)42-23-26-10-8-9-24(2)19-26)22-37-38-35(40)29-14-16-30(17-15-29)39-25(3)13-18-32(39)28-11-6-5-7-12-28/h5-22H,4,23H2,1-3H3,(H,38,40)/b37-22+. The van der Waals surface area contributed by atoms with E-state index < -0.39 is 0 Å². The van der Waals surface area contributed by atoms with E-state index in [-0.39, 0.29) is 5.91 Å². The molecule has 7 heteroatoms. The number of aromatic nitrogens is 1. The maximum Gasteiger partial charge on any atom is 0.271 e. The summed E-state index contributed by atoms with van der Waals surface area (Å²) in [7, 11) is 0. The topological polar surface area (TPSA) is 64.8 Å². The number of nitrogens with one attached hydrogen (secondary N) is 1. The van der Waals surface area contributed by atoms with Crippen LogP contribution in [0.2, 0.25) is 0 Å². The van der Waals surface area contributed by atoms with Gasteiger partial charge in [-0.3, -0.25) is 4.79 Å². The minimum Gasteiger partial charge on any atom is -0.490 e. The summed E-state index contributed by atoms with van der Waals surface area (Å²) < 4.78 is 15.1. The Morgan fingerprint density at radius 1 is 0.905 bits per heavy atom. The molecule has 4 aromatic carbocycles. The van der Waals surface area contributed by atoms with Crippen LogP contribution in [0.15, 0.2) is 108 Å². The predicted octanol–water partition coefficient (Wildman–Crippen LogP) is 8.11. The summed E-state index contributed by atoms with van der Waals surface area (Å²) in [5.74, 6) is 1.03. The Kier molecular flexibility index (Phi) is 9.38. The van der Waals surface area contributed by atoms with Crippen molar-refractivity contribution in [2.75, 3.05) is 6.61 Å². The quantitative estimate of drug-likeness (QED) is 0.0929. The summed E-state index contributed by atoms with van der Waals surface area (Å²) in [4.78, 5) is 12.8. The molecular weight excluding hydrogens is 637 g/mol. The monoisotopic (exact) mass is 669 g/mol. The fourth-order valence-electron chi connectivity index (χ4n) is 4.73. The van der Waals surface area contributed by atoms with E-state index in [1.165, 1.54) is 5.56 Å². The smallest absolute Gasteiger partial charge is 0.271 e. The van der Waals surface area contributed by atoms with Crippen LogP contribution in [0.4, 0.5) is 0 Å². The van der Waals surface area contributed by atoms with Gasteiger partial charge in [0.25, 0.3) is 5.91 Å². The van der Waals surface area contributed by atoms with E-state index in [1.54, 1.807) is 6.21 Å². The molecule has 0 aliphatic carbocycles. The van der Waals surface area contributed by atoms with E-state index in [0.29, 0.717) is 30.3 Å². The first-order valence-electron chi connectivity index (χ1n) is 13.7. The first kappa shape index (κ1) is 29.1. The van der Waals surface area contributed by atoms with Crippen LogP contribution in [-0.2, 0) is 6.61 Å². The van der Waals surface area contributed by atoms with Gasteiger partial charge < -0.3 is 14.0 Å². The molecule has 6 nitrogen and oxygen atoms in total. The van der Waals surface area contributed by atoms with Crippen LogP contribution in [0.25, 0.3) is 16.9 Å². The average molecular weight is 670 g/mol. The highest BCUT2D eigenvalue weighted by Crippen LogP contribution is 2.34. The maximum absolute atomic E-state index is 12.8. The second-order valence-corrected chi connectivity index (χ2v) is 11.0. The molecule has 0 atom stereocenters. The third-order valence-corrected chi connectivity index (χ3v) is 7.51. The Morgan fingerprint density at radius 2 is 1.69 bits per heavy atom. The zero-order chi connectivity index (χ0) is 29.5. The van der Waals surface area contributed by atoms with E-state index >= 15 is 0 Å². The number of hydrazone groups is 1. The Bertz CT molecular complexity index is 1710. The molecule has 0 fully saturated rings. The van der Waals surface area contributed by atoms with Gasteiger partial charge in [-0.1, -0.05) is 60.2 Å². The molecule has 0 aliphatic heterocycles. The molecule has 0 spiro atoms. The largest absolute Gasteiger partial charge is 0.490 e. The fourth-order valence-corrected chi connectivity index (χ4v) is 5.51. The molecule has 0 unspecified atom stereocenters. The van der Waals surface area contributed by atoms with Crippen LogP contribution in [0, 0.1) is 17.4 Å². The van der Waals surface area contributed by atoms with Crippen molar-refractivity contribution in [3.63, 3.8) is 0 Å². The third-order valence-electron chi connectivity index (χ3n) is 6.71. The van der Waals surface area contributed by atoms with E-state index in [4.69, 9.17) is 9.47 Å². The number of carbonyl (C=O) groups is 1. The second-order valence-electron chi connectivity index (χ2n) is 9.85. The van der Waals surface area contributed by atoms with Gasteiger partial charge in [0.05, 0.1) is 22.1 Å². The van der Waals surface area contributed by atoms with Crippen LogP contribution < -0.4 is 14.9 Å². The Hall–Kier alpha value is -4.37. The van der Waals surface area contributed by atoms with Gasteiger partial charge in [-0.2, -0.15) is 5.10 Å². The van der Waals surface area contributed by atoms with Crippen LogP contribution >= 0.6 is 22.6 Å². The number of hydrogen-bond donors (Lipinski definition) is 1. The zero-order valence-electron chi connectivity index (χ0n) is 23.8. The van der Waals surface area contributed by atoms with Crippen molar-refractivity contribution in [1.29, 1.82) is 0 Å². The van der Waals surface area contributed by atoms with E-state index in [9.17, 15) is 4.79 Å². The summed E-state index contributed by atoms with van der Waals surface area (Å²) in [5, 5.41) is 4.20. The lowest BCUT2D eigenvalue weighted by Crippen LogP contribution is -2.17. The maximum atomic E-state index is 12.8. The molecule has 0 saturated carbocycles. The third kappa shape index (κ3) is 6.91. The molecule has 5 rings (SSSR count). The van der Waals surface area contributed by atoms with Crippen molar-refractivity contribution in [3.05, 3.63) is 135 Å². The zero-order valence-corrected chi connectivity index (χ0v) is 26.0. The molecule has 1 N–H and O–H groups in total. The molecule has 0 saturated heterocycles. The van der Waals surface area contributed by atoms with Gasteiger partial charge in [0.2, 0.25) is 0 Å². The first-order chi connectivity index (χ1) is 20.4. The summed E-state index contributed by atoms with van der Waals surface area (Å²) >= 11 is 2.23. The molecule has 0 aliphatic rings. The van der Waals surface area contributed by atoms with Gasteiger partial charge in [-0.05, 0) is 109 Å². The van der Waals surface area contributed by atoms with Gasteiger partial charge in [0, 0.05) is 16.9 Å². The number of nitrogens with zero attached hydrogens (tertiary/aromatic N) is 2. The molecule has 1 heterocycles. The van der Waals surface area contributed by atoms with Gasteiger partial charge in [0.15, 0.2) is 11.5 Å². The summed E-state index contributed by atoms with van der Waals surface area (Å²) in [6.45, 7) is 7.01. The minimum atomic E-state index is -0.289. The lowest BCUT2D eigenvalue weighted by atomic mass is 10.1. The number of benzene rings is 4. The van der Waals surface area contributed by atoms with Crippen molar-refractivity contribution in [1.82, 2.24) is 9.99 Å². The van der Waals surface area contributed by atoms with E-state index in [1.807, 2.05) is 73.7 Å². The summed E-state index contributed by atoms with van der Waals surface area (Å²) in [6, 6.07) is 34.0. The predicted molar refractivity (Wildman–Crippen MR) is 177 cm³/mol. The number of carbonyl (C=O) groups excluding carboxylic acids is 1. The van der Waals surface area contributed by atoms with Gasteiger partial charge in [0.1, 0.15) is 6.61 Å². The molecule has 0 bridgehead atoms. The van der Waals surface area contributed by atoms with Crippen molar-refractivity contribution < 1.29 is 14.3 Å². The van der Waals surface area contributed by atoms with Crippen LogP contribution in [0.1, 0.15) is 39.7 Å². The number of rotatable bonds is 10. The number of hydrogen-bond acceptors (Lipinski definition) is 4. The normalized spacial score (nSPS) is 11.0. The van der Waals surface area contributed by atoms with E-state index in [0.717, 1.165) is 37.3 Å². The van der Waals surface area contributed by atoms with Gasteiger partial charge in [-0.25, -0.2) is 5.43 Å². The highest BCUT2D eigenvalue weighted by molar-refractivity contribution is 14.1. The Balaban J connectivity index is 1.26. The first-order valence-corrected chi connectivity index (χ1v) is 14.8. The van der Waals surface area contributed by atoms with E-state index in [2.05, 4.69) is 87.9 Å². The van der Waals surface area contributed by atoms with Crippen LogP contribution in [0.5, 0.6) is 11.5 Å². The molecule has 0 radical (unpaired) electrons. The number of ether oxygens (including phenoxy) is 2. The average Bonchev–Trinajstić information content (AvgIpc) is 3.38. The van der Waals surface area contributed by atoms with Gasteiger partial charge >= 0.3 is 0 Å². The van der Waals surface area contributed by atoms with Gasteiger partial charge in [-0.15, -0.1) is 0 Å². The molecule has 5 aromatic rings. The van der Waals surface area contributed by atoms with Crippen molar-refractivity contribution in [3.8, 4) is 28.4 Å². The number of amides is 1. The lowest BCUT2D eigenvalue weighted by molar-refractivity contribution is 0.0955. The van der Waals surface area contributed by atoms with Crippen LogP contribution in [0.3, 0.4) is 0 Å². The fraction of sp³-hybridized carbons (Fsp3) is 0.143. The summed E-state index contributed by atoms with van der Waals surface area (Å²) in [6.07, 6.45) is 1.61. The molecule has 212 valence electrons.